The molecule has 20 nitrogen and oxygen atoms in total. The van der Waals surface area contributed by atoms with Crippen LogP contribution < -0.4 is 25.0 Å². The predicted molar refractivity (Wildman–Crippen MR) is 313 cm³/mol. The second kappa shape index (κ2) is 24.2. The van der Waals surface area contributed by atoms with Crippen molar-refractivity contribution < 1.29 is 38.4 Å². The third-order valence-corrected chi connectivity index (χ3v) is 16.6. The SMILES string of the molecule is CCn1nccc1-c1ccc([C@@H](NC(=O)[C@@H]2C[C@@H](O)CN2C(=O)[C@H](C(C)C)n2cc(-c3ccc(COc4c(-c5c(C)c(F)cc6[nH]ncc56)c(C5CC5)cc5c(N6CCNCC[C@H]6C)nc(OC[C@H](C)OC)nc45)cc3)nn2)[C@H](C)O)cc1. The van der Waals surface area contributed by atoms with E-state index in [1.54, 1.807) is 39.5 Å². The molecule has 5 N–H and O–H groups in total. The average Bonchev–Trinajstić information content (AvgIpc) is 2.57. The normalized spacial score (nSPS) is 19.1. The standard InChI is InChI=1S/C62H74FN13O7/c1-9-75-51(21-23-66-75)42-16-18-43(19-17-42)55(38(7)77)67-60(79)52-26-44(78)30-74(52)61(80)57(34(2)3)76-31-50(71-72-76)41-12-10-39(11-13-41)33-82-58-54(53-37(6)48(63)28-49-47(53)29-65-70-49)45(40-14-15-40)27-46-56(58)68-62(83-32-36(5)81-8)69-59(46)73-25-24-64-22-20-35(73)4/h10-13,16-19,21,23,27-29,31,34-36,38,40,44,52,55,57,64,77-78H,9,14-15,20,22,24-26,30,32-33H2,1-8H3,(H,65,70)(H,67,79)/t35-,36+,38+,44-,52+,55+,57+/m1/s1. The van der Waals surface area contributed by atoms with Crippen LogP contribution in [0.3, 0.4) is 0 Å². The van der Waals surface area contributed by atoms with E-state index in [0.29, 0.717) is 52.3 Å². The van der Waals surface area contributed by atoms with Gasteiger partial charge in [0, 0.05) is 79.4 Å². The van der Waals surface area contributed by atoms with Crippen LogP contribution in [0.15, 0.2) is 85.3 Å². The van der Waals surface area contributed by atoms with Crippen molar-refractivity contribution in [2.45, 2.75) is 136 Å². The summed E-state index contributed by atoms with van der Waals surface area (Å²) in [6.45, 7) is 16.7. The number of nitrogens with one attached hydrogen (secondary N) is 3. The van der Waals surface area contributed by atoms with Gasteiger partial charge in [-0.05, 0) is 118 Å². The van der Waals surface area contributed by atoms with E-state index in [4.69, 9.17) is 24.2 Å². The second-order valence-electron chi connectivity index (χ2n) is 22.8. The molecule has 3 fully saturated rings. The number of aliphatic hydroxyl groups is 2. The van der Waals surface area contributed by atoms with Gasteiger partial charge in [0.2, 0.25) is 11.8 Å². The van der Waals surface area contributed by atoms with Gasteiger partial charge in [-0.1, -0.05) is 67.6 Å². The first-order valence-corrected chi connectivity index (χ1v) is 29.0. The number of aromatic amines is 1. The Morgan fingerprint density at radius 2 is 1.71 bits per heavy atom. The molecule has 0 radical (unpaired) electrons. The highest BCUT2D eigenvalue weighted by atomic mass is 19.1. The number of likely N-dealkylation sites (tertiary alicyclic amines) is 1. The van der Waals surface area contributed by atoms with Crippen LogP contribution in [0.1, 0.15) is 107 Å². The molecule has 4 aromatic carbocycles. The van der Waals surface area contributed by atoms with Gasteiger partial charge >= 0.3 is 6.01 Å². The highest BCUT2D eigenvalue weighted by Gasteiger charge is 2.44. The minimum Gasteiger partial charge on any atom is -0.486 e. The number of halogens is 1. The maximum Gasteiger partial charge on any atom is 0.319 e. The molecule has 0 spiro atoms. The number of ether oxygens (including phenoxy) is 3. The predicted octanol–water partition coefficient (Wildman–Crippen LogP) is 8.22. The number of carbonyl (C=O) groups is 2. The summed E-state index contributed by atoms with van der Waals surface area (Å²) in [6, 6.07) is 18.6. The third kappa shape index (κ3) is 11.6. The number of amides is 2. The lowest BCUT2D eigenvalue weighted by Crippen LogP contribution is -2.50. The Hall–Kier alpha value is -7.85. The number of aryl methyl sites for hydroxylation is 1. The maximum atomic E-state index is 16.2. The summed E-state index contributed by atoms with van der Waals surface area (Å²) in [6.07, 6.45) is 5.94. The van der Waals surface area contributed by atoms with E-state index >= 15 is 4.39 Å². The number of hydrogen-bond acceptors (Lipinski definition) is 15. The Labute approximate surface area is 481 Å². The van der Waals surface area contributed by atoms with Crippen LogP contribution in [0, 0.1) is 18.7 Å². The molecule has 2 aliphatic heterocycles. The number of benzene rings is 4. The monoisotopic (exact) mass is 1130 g/mol. The smallest absolute Gasteiger partial charge is 0.319 e. The first-order chi connectivity index (χ1) is 40.1. The quantitative estimate of drug-likeness (QED) is 0.0484. The summed E-state index contributed by atoms with van der Waals surface area (Å²) in [5.41, 5.74) is 8.73. The largest absolute Gasteiger partial charge is 0.486 e. The van der Waals surface area contributed by atoms with E-state index in [1.807, 2.05) is 87.0 Å². The molecule has 1 saturated carbocycles. The molecule has 21 heteroatoms. The molecule has 4 aromatic heterocycles. The van der Waals surface area contributed by atoms with Crippen LogP contribution in [0.2, 0.25) is 0 Å². The summed E-state index contributed by atoms with van der Waals surface area (Å²) < 4.78 is 38.6. The lowest BCUT2D eigenvalue weighted by molar-refractivity contribution is -0.143. The first-order valence-electron chi connectivity index (χ1n) is 29.0. The van der Waals surface area contributed by atoms with Gasteiger partial charge in [0.15, 0.2) is 5.75 Å². The molecule has 2 saturated heterocycles. The molecule has 83 heavy (non-hydrogen) atoms. The summed E-state index contributed by atoms with van der Waals surface area (Å²) in [5, 5.41) is 50.8. The highest BCUT2D eigenvalue weighted by Crippen LogP contribution is 2.53. The van der Waals surface area contributed by atoms with Crippen LogP contribution >= 0.6 is 0 Å². The minimum absolute atomic E-state index is 0.0317. The van der Waals surface area contributed by atoms with Crippen LogP contribution in [0.5, 0.6) is 11.8 Å². The Kier molecular flexibility index (Phi) is 16.6. The summed E-state index contributed by atoms with van der Waals surface area (Å²) in [5.74, 6) is -0.0907. The molecule has 436 valence electrons. The van der Waals surface area contributed by atoms with Gasteiger partial charge in [-0.2, -0.15) is 20.2 Å². The van der Waals surface area contributed by atoms with E-state index < -0.39 is 36.2 Å². The van der Waals surface area contributed by atoms with Gasteiger partial charge in [0.1, 0.15) is 48.1 Å². The van der Waals surface area contributed by atoms with E-state index in [-0.39, 0.29) is 67.9 Å². The van der Waals surface area contributed by atoms with E-state index in [1.165, 1.54) is 15.6 Å². The van der Waals surface area contributed by atoms with Gasteiger partial charge in [-0.25, -0.2) is 9.07 Å². The van der Waals surface area contributed by atoms with Gasteiger partial charge in [0.05, 0.1) is 48.0 Å². The fraction of sp³-hybridized carbons (Fsp3) is 0.452. The lowest BCUT2D eigenvalue weighted by Gasteiger charge is -2.31. The van der Waals surface area contributed by atoms with Gasteiger partial charge in [0.25, 0.3) is 0 Å². The van der Waals surface area contributed by atoms with Crippen LogP contribution in [-0.4, -0.2) is 142 Å². The molecule has 2 amide bonds. The molecule has 0 bridgehead atoms. The van der Waals surface area contributed by atoms with Crippen molar-refractivity contribution in [3.63, 3.8) is 0 Å². The number of methoxy groups -OCH3 is 1. The Morgan fingerprint density at radius 3 is 2.43 bits per heavy atom. The van der Waals surface area contributed by atoms with Crippen molar-refractivity contribution >= 4 is 39.4 Å². The zero-order chi connectivity index (χ0) is 58.2. The van der Waals surface area contributed by atoms with E-state index in [9.17, 15) is 19.8 Å². The average molecular weight is 1130 g/mol. The molecule has 3 aliphatic rings. The minimum atomic E-state index is -0.999. The number of anilines is 1. The molecule has 0 unspecified atom stereocenters. The number of rotatable bonds is 20. The summed E-state index contributed by atoms with van der Waals surface area (Å²) in [4.78, 5) is 42.9. The van der Waals surface area contributed by atoms with Crippen LogP contribution in [0.4, 0.5) is 10.2 Å². The number of aliphatic hydroxyl groups excluding tert-OH is 2. The molecular weight excluding hydrogens is 1060 g/mol. The van der Waals surface area contributed by atoms with Crippen molar-refractivity contribution in [2.75, 3.05) is 44.8 Å². The summed E-state index contributed by atoms with van der Waals surface area (Å²) in [7, 11) is 1.63. The van der Waals surface area contributed by atoms with Gasteiger partial charge in [-0.3, -0.25) is 19.4 Å². The number of carbonyl (C=O) groups excluding carboxylic acids is 2. The molecule has 11 rings (SSSR count). The highest BCUT2D eigenvalue weighted by molar-refractivity contribution is 6.06. The van der Waals surface area contributed by atoms with Crippen molar-refractivity contribution in [1.29, 1.82) is 0 Å². The summed E-state index contributed by atoms with van der Waals surface area (Å²) >= 11 is 0. The topological polar surface area (TPSA) is 236 Å². The number of fused-ring (bicyclic) bond motifs is 2. The van der Waals surface area contributed by atoms with Gasteiger partial charge in [-0.15, -0.1) is 5.10 Å². The second-order valence-corrected chi connectivity index (χ2v) is 22.8. The lowest BCUT2D eigenvalue weighted by atomic mass is 9.88. The van der Waals surface area contributed by atoms with E-state index in [2.05, 4.69) is 54.1 Å². The fourth-order valence-electron chi connectivity index (χ4n) is 11.8. The fourth-order valence-corrected chi connectivity index (χ4v) is 11.8. The maximum absolute atomic E-state index is 16.2. The van der Waals surface area contributed by atoms with Crippen LogP contribution in [-0.2, 0) is 27.5 Å². The zero-order valence-electron chi connectivity index (χ0n) is 48.3. The number of β-amino-alcohol motifs (C(OH)–C–C–N with tert-alkyl or cyclic N) is 1. The third-order valence-electron chi connectivity index (χ3n) is 16.6. The Morgan fingerprint density at radius 1 is 0.940 bits per heavy atom. The number of hydrogen-bond donors (Lipinski definition) is 5. The first kappa shape index (κ1) is 57.0. The van der Waals surface area contributed by atoms with Gasteiger partial charge < -0.3 is 44.9 Å². The number of nitrogens with zero attached hydrogens (tertiary/aromatic N) is 10. The van der Waals surface area contributed by atoms with Crippen molar-refractivity contribution in [3.8, 4) is 45.4 Å². The Balaban J connectivity index is 0.876. The molecule has 1 aliphatic carbocycles. The molecule has 6 heterocycles. The van der Waals surface area contributed by atoms with Crippen molar-refractivity contribution in [3.05, 3.63) is 113 Å². The van der Waals surface area contributed by atoms with Crippen molar-refractivity contribution in [2.24, 2.45) is 5.92 Å². The molecule has 7 atom stereocenters. The van der Waals surface area contributed by atoms with E-state index in [0.717, 1.165) is 82.5 Å². The number of H-pyrrole nitrogens is 1. The molecule has 8 aromatic rings. The van der Waals surface area contributed by atoms with Crippen LogP contribution in [0.25, 0.3) is 55.4 Å². The van der Waals surface area contributed by atoms with Crippen molar-refractivity contribution in [1.82, 2.24) is 60.5 Å². The molecular formula is C62H74FN13O7. The number of aromatic nitrogens is 9. The zero-order valence-corrected chi connectivity index (χ0v) is 48.3. The Bertz CT molecular complexity index is 3620.